The van der Waals surface area contributed by atoms with Crippen molar-refractivity contribution in [1.29, 1.82) is 0 Å². The quantitative estimate of drug-likeness (QED) is 0.0389. The molecule has 17 heteroatoms. The van der Waals surface area contributed by atoms with Crippen molar-refractivity contribution < 1.29 is 57.0 Å². The van der Waals surface area contributed by atoms with E-state index in [0.29, 0.717) is 128 Å². The molecule has 0 saturated heterocycles. The third-order valence-corrected chi connectivity index (χ3v) is 11.3. The summed E-state index contributed by atoms with van der Waals surface area (Å²) < 4.78 is 55.9. The second-order valence-corrected chi connectivity index (χ2v) is 16.2. The average Bonchev–Trinajstić information content (AvgIpc) is 3.99. The van der Waals surface area contributed by atoms with Gasteiger partial charge < -0.3 is 52.4 Å². The predicted octanol–water partition coefficient (Wildman–Crippen LogP) is 8.60. The van der Waals surface area contributed by atoms with Gasteiger partial charge in [0.15, 0.2) is 11.5 Å². The summed E-state index contributed by atoms with van der Waals surface area (Å²) in [6, 6.07) is 3.62. The van der Waals surface area contributed by atoms with E-state index in [0.717, 1.165) is 64.5 Å². The number of aliphatic imine (C=N–C) groups is 4. The van der Waals surface area contributed by atoms with E-state index in [-0.39, 0.29) is 25.2 Å². The van der Waals surface area contributed by atoms with Gasteiger partial charge >= 0.3 is 11.9 Å². The Hall–Kier alpha value is -5.56. The van der Waals surface area contributed by atoms with Crippen molar-refractivity contribution in [2.45, 2.75) is 80.1 Å². The summed E-state index contributed by atoms with van der Waals surface area (Å²) in [4.78, 5) is 46.4. The maximum absolute atomic E-state index is 11.6. The second-order valence-electron chi connectivity index (χ2n) is 16.2. The number of hydrogen-bond donors (Lipinski definition) is 1. The number of esters is 2. The lowest BCUT2D eigenvalue weighted by molar-refractivity contribution is -0.142. The summed E-state index contributed by atoms with van der Waals surface area (Å²) >= 11 is 0. The van der Waals surface area contributed by atoms with Crippen molar-refractivity contribution in [3.8, 4) is 11.5 Å². The average molecular weight is 974 g/mol. The lowest BCUT2D eigenvalue weighted by Crippen LogP contribution is -2.14. The number of aromatic nitrogens is 1. The molecule has 2 aromatic rings. The molecule has 0 bridgehead atoms. The van der Waals surface area contributed by atoms with Crippen LogP contribution in [0.3, 0.4) is 0 Å². The SMILES string of the molecule is C=CC1=NC(=Cc2[nH]c(C=Nc3cc(OCCOCCOCCOC)c(OCCOCCOCCOC)cc3N=CC3=NCC(CCCOC(C)=O)=C3C)c(C)c2CCCOC(C)=O)C(CC)=C1CC. The molecule has 0 atom stereocenters. The van der Waals surface area contributed by atoms with Gasteiger partial charge in [0.1, 0.15) is 13.2 Å². The summed E-state index contributed by atoms with van der Waals surface area (Å²) in [6.45, 7) is 21.1. The summed E-state index contributed by atoms with van der Waals surface area (Å²) in [5, 5.41) is 0. The van der Waals surface area contributed by atoms with E-state index in [1.165, 1.54) is 30.6 Å². The van der Waals surface area contributed by atoms with E-state index in [1.54, 1.807) is 26.6 Å². The Morgan fingerprint density at radius 2 is 1.19 bits per heavy atom. The van der Waals surface area contributed by atoms with Crippen molar-refractivity contribution >= 4 is 53.2 Å². The molecule has 1 N–H and O–H groups in total. The number of aromatic amines is 1. The molecule has 384 valence electrons. The van der Waals surface area contributed by atoms with Crippen molar-refractivity contribution in [2.75, 3.05) is 113 Å². The van der Waals surface area contributed by atoms with Crippen LogP contribution < -0.4 is 9.47 Å². The minimum Gasteiger partial charge on any atom is -0.487 e. The number of ether oxygens (including phenoxy) is 10. The monoisotopic (exact) mass is 974 g/mol. The first-order valence-electron chi connectivity index (χ1n) is 24.2. The Bertz CT molecular complexity index is 2240. The first-order chi connectivity index (χ1) is 34.0. The highest BCUT2D eigenvalue weighted by molar-refractivity contribution is 6.39. The van der Waals surface area contributed by atoms with E-state index < -0.39 is 0 Å². The van der Waals surface area contributed by atoms with Gasteiger partial charge in [-0.05, 0) is 97.9 Å². The van der Waals surface area contributed by atoms with Crippen LogP contribution in [0.5, 0.6) is 11.5 Å². The highest BCUT2D eigenvalue weighted by Gasteiger charge is 2.22. The highest BCUT2D eigenvalue weighted by Crippen LogP contribution is 2.41. The van der Waals surface area contributed by atoms with Crippen LogP contribution in [-0.4, -0.2) is 154 Å². The van der Waals surface area contributed by atoms with Crippen LogP contribution in [0.1, 0.15) is 89.2 Å². The molecule has 3 heterocycles. The molecule has 0 aliphatic carbocycles. The van der Waals surface area contributed by atoms with Crippen molar-refractivity contribution in [3.05, 3.63) is 75.3 Å². The zero-order valence-corrected chi connectivity index (χ0v) is 42.7. The minimum absolute atomic E-state index is 0.227. The molecule has 2 aliphatic rings. The number of methoxy groups -OCH3 is 2. The molecule has 0 fully saturated rings. The predicted molar refractivity (Wildman–Crippen MR) is 274 cm³/mol. The number of carbonyl (C=O) groups excluding carboxylic acids is 2. The minimum atomic E-state index is -0.312. The molecule has 1 aromatic carbocycles. The molecular formula is C53H75N5O12. The van der Waals surface area contributed by atoms with E-state index >= 15 is 0 Å². The summed E-state index contributed by atoms with van der Waals surface area (Å²) in [6.07, 6.45) is 11.9. The van der Waals surface area contributed by atoms with Crippen LogP contribution in [0.2, 0.25) is 0 Å². The smallest absolute Gasteiger partial charge is 0.302 e. The van der Waals surface area contributed by atoms with Crippen LogP contribution >= 0.6 is 0 Å². The van der Waals surface area contributed by atoms with Crippen LogP contribution in [0, 0.1) is 6.92 Å². The molecule has 0 unspecified atom stereocenters. The van der Waals surface area contributed by atoms with E-state index in [2.05, 4.69) is 38.4 Å². The number of nitrogens with zero attached hydrogens (tertiary/aromatic N) is 4. The van der Waals surface area contributed by atoms with Crippen molar-refractivity contribution in [1.82, 2.24) is 4.98 Å². The summed E-state index contributed by atoms with van der Waals surface area (Å²) in [5.41, 5.74) is 11.9. The van der Waals surface area contributed by atoms with Crippen LogP contribution in [0.15, 0.2) is 72.7 Å². The summed E-state index contributed by atoms with van der Waals surface area (Å²) in [5.74, 6) is 0.287. The third kappa shape index (κ3) is 19.0. The number of rotatable bonds is 36. The van der Waals surface area contributed by atoms with Crippen LogP contribution in [-0.2, 0) is 53.9 Å². The Balaban J connectivity index is 1.73. The second kappa shape index (κ2) is 32.3. The highest BCUT2D eigenvalue weighted by atomic mass is 16.6. The standard InChI is InChI=1S/C53H75N5O12/c1-10-42-43(11-2)46(57-45(42)12-3)31-47-44(16-14-18-68-40(7)60)38(5)51(58-47)36-56-49-33-53(70-30-28-66-26-24-64-22-20-62-9)52(69-29-27-65-25-23-63-21-19-61-8)32-48(49)55-35-50-37(4)41(34-54-50)15-13-17-67-39(6)59/h12,31-33,35-36,58H,3,10-11,13-30,34H2,1-2,4-9H3. The maximum atomic E-state index is 11.6. The van der Waals surface area contributed by atoms with Gasteiger partial charge in [-0.2, -0.15) is 0 Å². The van der Waals surface area contributed by atoms with Crippen molar-refractivity contribution in [3.63, 3.8) is 0 Å². The van der Waals surface area contributed by atoms with E-state index in [1.807, 2.05) is 25.1 Å². The topological polar surface area (TPSA) is 192 Å². The molecule has 2 aliphatic heterocycles. The number of allylic oxidation sites excluding steroid dienone is 4. The number of benzene rings is 1. The Labute approximate surface area is 414 Å². The molecule has 0 radical (unpaired) electrons. The fraction of sp³-hybridized carbons (Fsp3) is 0.547. The largest absolute Gasteiger partial charge is 0.487 e. The molecular weight excluding hydrogens is 899 g/mol. The van der Waals surface area contributed by atoms with E-state index in [9.17, 15) is 9.59 Å². The van der Waals surface area contributed by atoms with Gasteiger partial charge in [-0.15, -0.1) is 0 Å². The number of H-pyrrole nitrogens is 1. The molecule has 17 nitrogen and oxygen atoms in total. The number of hydrogen-bond acceptors (Lipinski definition) is 16. The molecule has 70 heavy (non-hydrogen) atoms. The van der Waals surface area contributed by atoms with Gasteiger partial charge in [-0.1, -0.05) is 20.4 Å². The van der Waals surface area contributed by atoms with Gasteiger partial charge in [0, 0.05) is 45.9 Å². The van der Waals surface area contributed by atoms with Gasteiger partial charge in [0.25, 0.3) is 0 Å². The lowest BCUT2D eigenvalue weighted by Gasteiger charge is -2.15. The Morgan fingerprint density at radius 1 is 0.671 bits per heavy atom. The van der Waals surface area contributed by atoms with Gasteiger partial charge in [-0.3, -0.25) is 24.6 Å². The number of carbonyl (C=O) groups is 2. The molecule has 1 aromatic heterocycles. The zero-order chi connectivity index (χ0) is 50.5. The lowest BCUT2D eigenvalue weighted by atomic mass is 9.98. The van der Waals surface area contributed by atoms with Crippen LogP contribution in [0.25, 0.3) is 6.08 Å². The normalized spacial score (nSPS) is 14.4. The zero-order valence-electron chi connectivity index (χ0n) is 42.7. The molecule has 0 amide bonds. The maximum Gasteiger partial charge on any atom is 0.302 e. The van der Waals surface area contributed by atoms with Crippen molar-refractivity contribution in [2.24, 2.45) is 20.0 Å². The van der Waals surface area contributed by atoms with Crippen LogP contribution in [0.4, 0.5) is 11.4 Å². The number of nitrogens with one attached hydrogen (secondary N) is 1. The third-order valence-electron chi connectivity index (χ3n) is 11.3. The molecule has 4 rings (SSSR count). The van der Waals surface area contributed by atoms with Gasteiger partial charge in [-0.25, -0.2) is 4.99 Å². The Kier molecular flexibility index (Phi) is 26.4. The first kappa shape index (κ1) is 57.0. The van der Waals surface area contributed by atoms with Gasteiger partial charge in [0.2, 0.25) is 0 Å². The van der Waals surface area contributed by atoms with Gasteiger partial charge in [0.05, 0.1) is 132 Å². The van der Waals surface area contributed by atoms with E-state index in [4.69, 9.17) is 67.3 Å². The molecule has 0 spiro atoms. The molecule has 0 saturated carbocycles. The Morgan fingerprint density at radius 3 is 1.70 bits per heavy atom. The summed E-state index contributed by atoms with van der Waals surface area (Å²) in [7, 11) is 3.26. The fourth-order valence-corrected chi connectivity index (χ4v) is 7.60. The first-order valence-corrected chi connectivity index (χ1v) is 24.2. The fourth-order valence-electron chi connectivity index (χ4n) is 7.60.